The van der Waals surface area contributed by atoms with Crippen molar-refractivity contribution >= 4 is 23.0 Å². The Morgan fingerprint density at radius 1 is 0.514 bits per heavy atom. The van der Waals surface area contributed by atoms with Crippen LogP contribution in [0, 0.1) is 5.92 Å². The largest absolute Gasteiger partial charge is 0.294 e. The van der Waals surface area contributed by atoms with Crippen LogP contribution in [0.2, 0.25) is 0 Å². The molecule has 35 heavy (non-hydrogen) atoms. The van der Waals surface area contributed by atoms with Gasteiger partial charge in [-0.15, -0.1) is 0 Å². The van der Waals surface area contributed by atoms with E-state index in [1.54, 1.807) is 84.9 Å². The molecule has 0 N–H and O–H groups in total. The molecule has 0 bridgehead atoms. The molecule has 1 aliphatic heterocycles. The second kappa shape index (κ2) is 9.87. The van der Waals surface area contributed by atoms with Crippen molar-refractivity contribution in [3.63, 3.8) is 0 Å². The molecule has 4 aromatic carbocycles. The summed E-state index contributed by atoms with van der Waals surface area (Å²) in [6.07, 6.45) is -1.16. The third-order valence-electron chi connectivity index (χ3n) is 6.16. The summed E-state index contributed by atoms with van der Waals surface area (Å²) < 4.78 is 0. The first-order chi connectivity index (χ1) is 17.1. The predicted octanol–water partition coefficient (Wildman–Crippen LogP) is 5.44. The summed E-state index contributed by atoms with van der Waals surface area (Å²) >= 11 is 0. The average Bonchev–Trinajstić information content (AvgIpc) is 3.34. The van der Waals surface area contributed by atoms with Gasteiger partial charge in [-0.25, -0.2) is 5.06 Å². The Kier molecular flexibility index (Phi) is 6.33. The lowest BCUT2D eigenvalue weighted by Gasteiger charge is -2.25. The van der Waals surface area contributed by atoms with Gasteiger partial charge >= 0.3 is 0 Å². The van der Waals surface area contributed by atoms with Crippen LogP contribution < -0.4 is 5.06 Å². The molecule has 5 nitrogen and oxygen atoms in total. The van der Waals surface area contributed by atoms with Gasteiger partial charge in [0.1, 0.15) is 6.04 Å². The number of anilines is 1. The van der Waals surface area contributed by atoms with Gasteiger partial charge in [-0.1, -0.05) is 109 Å². The first kappa shape index (κ1) is 22.4. The predicted molar refractivity (Wildman–Crippen MR) is 133 cm³/mol. The number of nitrogens with zero attached hydrogens (tertiary/aromatic N) is 1. The molecule has 172 valence electrons. The number of carbonyl (C=O) groups excluding carboxylic acids is 3. The molecule has 0 radical (unpaired) electrons. The molecule has 3 atom stereocenters. The molecule has 0 spiro atoms. The first-order valence-corrected chi connectivity index (χ1v) is 11.4. The summed E-state index contributed by atoms with van der Waals surface area (Å²) in [6, 6.07) is 34.3. The molecular formula is C30H23NO4. The van der Waals surface area contributed by atoms with Crippen LogP contribution in [0.1, 0.15) is 31.1 Å². The molecule has 0 aliphatic carbocycles. The zero-order valence-electron chi connectivity index (χ0n) is 18.9. The Hall–Kier alpha value is -4.35. The summed E-state index contributed by atoms with van der Waals surface area (Å²) in [7, 11) is 0. The van der Waals surface area contributed by atoms with Crippen LogP contribution in [0.25, 0.3) is 0 Å². The molecule has 0 unspecified atom stereocenters. The number of para-hydroxylation sites is 1. The number of hydrogen-bond acceptors (Lipinski definition) is 5. The lowest BCUT2D eigenvalue weighted by molar-refractivity contribution is 0.0462. The number of hydrogen-bond donors (Lipinski definition) is 0. The van der Waals surface area contributed by atoms with Crippen molar-refractivity contribution in [2.24, 2.45) is 5.92 Å². The van der Waals surface area contributed by atoms with Crippen LogP contribution in [0.5, 0.6) is 0 Å². The normalized spacial score (nSPS) is 19.3. The maximum absolute atomic E-state index is 13.9. The number of ketones is 3. The van der Waals surface area contributed by atoms with E-state index in [2.05, 4.69) is 0 Å². The Balaban J connectivity index is 1.65. The summed E-state index contributed by atoms with van der Waals surface area (Å²) in [5.41, 5.74) is 1.88. The monoisotopic (exact) mass is 461 g/mol. The molecule has 0 amide bonds. The molecule has 1 aliphatic rings. The summed E-state index contributed by atoms with van der Waals surface area (Å²) in [5.74, 6) is -1.98. The smallest absolute Gasteiger partial charge is 0.195 e. The fraction of sp³-hybridized carbons (Fsp3) is 0.100. The van der Waals surface area contributed by atoms with Crippen LogP contribution in [0.3, 0.4) is 0 Å². The molecule has 0 aromatic heterocycles. The summed E-state index contributed by atoms with van der Waals surface area (Å²) in [6.45, 7) is 0. The fourth-order valence-corrected chi connectivity index (χ4v) is 4.46. The van der Waals surface area contributed by atoms with Crippen molar-refractivity contribution in [3.05, 3.63) is 138 Å². The standard InChI is InChI=1S/C30H23NO4/c32-27(21-13-5-1-6-14-21)25-26(28(33)22-15-7-2-8-16-22)31(24-19-11-4-12-20-24)35-30(25)29(34)23-17-9-3-10-18-23/h1-20,25-26,30H/t25-,26+,30+/m0/s1. The molecule has 4 aromatic rings. The Labute approximate surface area is 203 Å². The van der Waals surface area contributed by atoms with Crippen molar-refractivity contribution in [3.8, 4) is 0 Å². The van der Waals surface area contributed by atoms with Crippen LogP contribution in [0.4, 0.5) is 5.69 Å². The maximum atomic E-state index is 13.9. The van der Waals surface area contributed by atoms with E-state index in [0.717, 1.165) is 0 Å². The minimum atomic E-state index is -1.16. The molecule has 5 heteroatoms. The van der Waals surface area contributed by atoms with Gasteiger partial charge in [-0.2, -0.15) is 0 Å². The number of rotatable bonds is 7. The van der Waals surface area contributed by atoms with Crippen LogP contribution in [-0.4, -0.2) is 29.5 Å². The molecule has 1 fully saturated rings. The maximum Gasteiger partial charge on any atom is 0.195 e. The Morgan fingerprint density at radius 2 is 0.914 bits per heavy atom. The van der Waals surface area contributed by atoms with Crippen LogP contribution in [0.15, 0.2) is 121 Å². The number of Topliss-reactive ketones (excluding diaryl/α,β-unsaturated/α-hetero) is 3. The second-order valence-electron chi connectivity index (χ2n) is 8.35. The van der Waals surface area contributed by atoms with Gasteiger partial charge in [-0.3, -0.25) is 19.2 Å². The zero-order valence-corrected chi connectivity index (χ0v) is 18.9. The Bertz CT molecular complexity index is 1320. The fourth-order valence-electron chi connectivity index (χ4n) is 4.46. The van der Waals surface area contributed by atoms with Crippen molar-refractivity contribution < 1.29 is 19.2 Å². The zero-order chi connectivity index (χ0) is 24.2. The highest BCUT2D eigenvalue weighted by Crippen LogP contribution is 2.37. The van der Waals surface area contributed by atoms with Gasteiger partial charge < -0.3 is 0 Å². The lowest BCUT2D eigenvalue weighted by atomic mass is 9.81. The van der Waals surface area contributed by atoms with E-state index >= 15 is 0 Å². The minimum Gasteiger partial charge on any atom is -0.294 e. The SMILES string of the molecule is O=C(c1ccccc1)[C@H]1[C@H](C(=O)c2ccccc2)ON(c2ccccc2)[C@H]1C(=O)c1ccccc1. The van der Waals surface area contributed by atoms with Crippen LogP contribution in [-0.2, 0) is 4.84 Å². The van der Waals surface area contributed by atoms with Crippen molar-refractivity contribution in [1.82, 2.24) is 0 Å². The number of benzene rings is 4. The van der Waals surface area contributed by atoms with E-state index < -0.39 is 18.1 Å². The molecule has 1 heterocycles. The van der Waals surface area contributed by atoms with Crippen molar-refractivity contribution in [1.29, 1.82) is 0 Å². The minimum absolute atomic E-state index is 0.285. The van der Waals surface area contributed by atoms with Gasteiger partial charge in [-0.05, 0) is 12.1 Å². The highest BCUT2D eigenvalue weighted by Gasteiger charge is 2.54. The molecular weight excluding hydrogens is 438 g/mol. The lowest BCUT2D eigenvalue weighted by Crippen LogP contribution is -2.44. The number of carbonyl (C=O) groups is 3. The molecule has 1 saturated heterocycles. The average molecular weight is 462 g/mol. The van der Waals surface area contributed by atoms with Gasteiger partial charge in [0.15, 0.2) is 23.5 Å². The quantitative estimate of drug-likeness (QED) is 0.343. The molecule has 5 rings (SSSR count). The summed E-state index contributed by atoms with van der Waals surface area (Å²) in [4.78, 5) is 47.7. The first-order valence-electron chi connectivity index (χ1n) is 11.4. The highest BCUT2D eigenvalue weighted by molar-refractivity contribution is 6.12. The van der Waals surface area contributed by atoms with E-state index in [-0.39, 0.29) is 17.3 Å². The summed E-state index contributed by atoms with van der Waals surface area (Å²) in [5, 5.41) is 1.44. The third kappa shape index (κ3) is 4.42. The van der Waals surface area contributed by atoms with Gasteiger partial charge in [0, 0.05) is 16.7 Å². The van der Waals surface area contributed by atoms with Crippen molar-refractivity contribution in [2.75, 3.05) is 5.06 Å². The van der Waals surface area contributed by atoms with E-state index in [9.17, 15) is 14.4 Å². The van der Waals surface area contributed by atoms with E-state index in [1.165, 1.54) is 5.06 Å². The van der Waals surface area contributed by atoms with Gasteiger partial charge in [0.05, 0.1) is 11.6 Å². The van der Waals surface area contributed by atoms with Gasteiger partial charge in [0.25, 0.3) is 0 Å². The third-order valence-corrected chi connectivity index (χ3v) is 6.16. The second-order valence-corrected chi connectivity index (χ2v) is 8.35. The van der Waals surface area contributed by atoms with Crippen LogP contribution >= 0.6 is 0 Å². The topological polar surface area (TPSA) is 63.7 Å². The Morgan fingerprint density at radius 3 is 1.40 bits per heavy atom. The van der Waals surface area contributed by atoms with Gasteiger partial charge in [0.2, 0.25) is 0 Å². The van der Waals surface area contributed by atoms with E-state index in [1.807, 2.05) is 36.4 Å². The highest BCUT2D eigenvalue weighted by atomic mass is 16.7. The van der Waals surface area contributed by atoms with Crippen molar-refractivity contribution in [2.45, 2.75) is 12.1 Å². The van der Waals surface area contributed by atoms with E-state index in [0.29, 0.717) is 22.4 Å². The molecule has 0 saturated carbocycles. The van der Waals surface area contributed by atoms with E-state index in [4.69, 9.17) is 4.84 Å². The number of hydroxylamine groups is 1.